The first-order chi connectivity index (χ1) is 9.57. The number of carbonyl (C=O) groups is 1. The van der Waals surface area contributed by atoms with Crippen molar-refractivity contribution in [3.05, 3.63) is 5.82 Å². The van der Waals surface area contributed by atoms with Crippen LogP contribution in [0.15, 0.2) is 5.16 Å². The number of hydrogen-bond acceptors (Lipinski definition) is 6. The summed E-state index contributed by atoms with van der Waals surface area (Å²) in [7, 11) is 1.65. The van der Waals surface area contributed by atoms with E-state index in [0.717, 1.165) is 18.0 Å². The molecule has 0 radical (unpaired) electrons. The smallest absolute Gasteiger partial charge is 0.313 e. The SMILES string of the molecule is COCCn1c(SCC(=O)O)nnc1C1(C)CCCS1. The predicted octanol–water partition coefficient (Wildman–Crippen LogP) is 1.84. The van der Waals surface area contributed by atoms with Gasteiger partial charge in [0.05, 0.1) is 17.1 Å². The molecule has 0 amide bonds. The summed E-state index contributed by atoms with van der Waals surface area (Å²) in [6.07, 6.45) is 2.25. The number of hydrogen-bond donors (Lipinski definition) is 1. The number of carboxylic acid groups (broad SMARTS) is 1. The summed E-state index contributed by atoms with van der Waals surface area (Å²) in [6.45, 7) is 3.40. The van der Waals surface area contributed by atoms with E-state index in [-0.39, 0.29) is 10.5 Å². The van der Waals surface area contributed by atoms with Crippen LogP contribution in [0.2, 0.25) is 0 Å². The molecule has 0 aromatic carbocycles. The first-order valence-corrected chi connectivity index (χ1v) is 8.45. The highest BCUT2D eigenvalue weighted by Gasteiger charge is 2.37. The van der Waals surface area contributed by atoms with Crippen molar-refractivity contribution in [3.8, 4) is 0 Å². The highest BCUT2D eigenvalue weighted by molar-refractivity contribution is 8.00. The van der Waals surface area contributed by atoms with Crippen molar-refractivity contribution in [2.45, 2.75) is 36.2 Å². The highest BCUT2D eigenvalue weighted by atomic mass is 32.2. The summed E-state index contributed by atoms with van der Waals surface area (Å²) >= 11 is 3.10. The normalized spacial score (nSPS) is 22.3. The topological polar surface area (TPSA) is 77.2 Å². The van der Waals surface area contributed by atoms with E-state index in [1.807, 2.05) is 16.3 Å². The molecule has 1 fully saturated rings. The van der Waals surface area contributed by atoms with Crippen LogP contribution in [0.25, 0.3) is 0 Å². The summed E-state index contributed by atoms with van der Waals surface area (Å²) < 4.78 is 7.12. The Morgan fingerprint density at radius 1 is 1.60 bits per heavy atom. The Balaban J connectivity index is 2.24. The van der Waals surface area contributed by atoms with Crippen molar-refractivity contribution in [1.29, 1.82) is 0 Å². The fourth-order valence-corrected chi connectivity index (χ4v) is 4.25. The van der Waals surface area contributed by atoms with Crippen LogP contribution in [-0.4, -0.2) is 51.1 Å². The Hall–Kier alpha value is -0.730. The van der Waals surface area contributed by atoms with Crippen molar-refractivity contribution in [2.24, 2.45) is 0 Å². The zero-order valence-electron chi connectivity index (χ0n) is 11.7. The van der Waals surface area contributed by atoms with Crippen molar-refractivity contribution < 1.29 is 14.6 Å². The predicted molar refractivity (Wildman–Crippen MR) is 79.3 cm³/mol. The van der Waals surface area contributed by atoms with Gasteiger partial charge in [0.2, 0.25) is 0 Å². The molecular formula is C12H19N3O3S2. The Morgan fingerprint density at radius 2 is 2.40 bits per heavy atom. The third kappa shape index (κ3) is 3.48. The Bertz CT molecular complexity index is 473. The van der Waals surface area contributed by atoms with E-state index in [9.17, 15) is 4.79 Å². The molecule has 1 aliphatic heterocycles. The van der Waals surface area contributed by atoms with Crippen LogP contribution in [0.5, 0.6) is 0 Å². The van der Waals surface area contributed by atoms with Gasteiger partial charge in [-0.3, -0.25) is 4.79 Å². The van der Waals surface area contributed by atoms with Crippen molar-refractivity contribution in [3.63, 3.8) is 0 Å². The van der Waals surface area contributed by atoms with Crippen molar-refractivity contribution in [2.75, 3.05) is 25.2 Å². The van der Waals surface area contributed by atoms with Gasteiger partial charge in [0.1, 0.15) is 5.82 Å². The van der Waals surface area contributed by atoms with Crippen LogP contribution < -0.4 is 0 Å². The molecule has 0 bridgehead atoms. The molecule has 20 heavy (non-hydrogen) atoms. The number of carboxylic acids is 1. The molecular weight excluding hydrogens is 298 g/mol. The summed E-state index contributed by atoms with van der Waals surface area (Å²) in [6, 6.07) is 0. The second-order valence-electron chi connectivity index (χ2n) is 4.82. The highest BCUT2D eigenvalue weighted by Crippen LogP contribution is 2.45. The van der Waals surface area contributed by atoms with Crippen LogP contribution >= 0.6 is 23.5 Å². The van der Waals surface area contributed by atoms with Gasteiger partial charge in [-0.05, 0) is 25.5 Å². The number of methoxy groups -OCH3 is 1. The minimum atomic E-state index is -0.848. The van der Waals surface area contributed by atoms with E-state index in [1.165, 1.54) is 18.2 Å². The molecule has 112 valence electrons. The number of aliphatic carboxylic acids is 1. The average Bonchev–Trinajstić information content (AvgIpc) is 3.01. The maximum Gasteiger partial charge on any atom is 0.313 e. The third-order valence-electron chi connectivity index (χ3n) is 3.25. The average molecular weight is 317 g/mol. The molecule has 0 spiro atoms. The third-order valence-corrected chi connectivity index (χ3v) is 5.72. The van der Waals surface area contributed by atoms with Crippen LogP contribution in [0.4, 0.5) is 0 Å². The van der Waals surface area contributed by atoms with Crippen LogP contribution in [0.3, 0.4) is 0 Å². The molecule has 1 aromatic rings. The summed E-state index contributed by atoms with van der Waals surface area (Å²) in [5, 5.41) is 18.0. The van der Waals surface area contributed by atoms with Crippen LogP contribution in [-0.2, 0) is 20.8 Å². The van der Waals surface area contributed by atoms with Gasteiger partial charge in [-0.15, -0.1) is 22.0 Å². The lowest BCUT2D eigenvalue weighted by molar-refractivity contribution is -0.133. The monoisotopic (exact) mass is 317 g/mol. The van der Waals surface area contributed by atoms with Crippen molar-refractivity contribution in [1.82, 2.24) is 14.8 Å². The van der Waals surface area contributed by atoms with Gasteiger partial charge in [0.25, 0.3) is 0 Å². The number of ether oxygens (including phenoxy) is 1. The summed E-state index contributed by atoms with van der Waals surface area (Å²) in [4.78, 5) is 10.7. The Morgan fingerprint density at radius 3 is 3.00 bits per heavy atom. The molecule has 0 aliphatic carbocycles. The molecule has 1 N–H and O–H groups in total. The Labute approximate surface area is 126 Å². The zero-order valence-corrected chi connectivity index (χ0v) is 13.3. The minimum Gasteiger partial charge on any atom is -0.481 e. The van der Waals surface area contributed by atoms with E-state index in [0.29, 0.717) is 18.3 Å². The fourth-order valence-electron chi connectivity index (χ4n) is 2.25. The van der Waals surface area contributed by atoms with E-state index in [1.54, 1.807) is 7.11 Å². The molecule has 1 saturated heterocycles. The lowest BCUT2D eigenvalue weighted by Crippen LogP contribution is -2.22. The molecule has 6 nitrogen and oxygen atoms in total. The Kier molecular flexibility index (Phi) is 5.34. The van der Waals surface area contributed by atoms with Gasteiger partial charge >= 0.3 is 5.97 Å². The quantitative estimate of drug-likeness (QED) is 0.769. The number of aromatic nitrogens is 3. The van der Waals surface area contributed by atoms with Gasteiger partial charge in [0.15, 0.2) is 5.16 Å². The molecule has 8 heteroatoms. The zero-order chi connectivity index (χ0) is 14.6. The van der Waals surface area contributed by atoms with Gasteiger partial charge in [-0.25, -0.2) is 0 Å². The molecule has 1 aromatic heterocycles. The first kappa shape index (κ1) is 15.7. The minimum absolute atomic E-state index is 0.00499. The standard InChI is InChI=1S/C12H19N3O3S2/c1-12(4-3-7-20-12)10-13-14-11(19-8-9(16)17)15(10)5-6-18-2/h3-8H2,1-2H3,(H,16,17). The van der Waals surface area contributed by atoms with Crippen molar-refractivity contribution >= 4 is 29.5 Å². The number of rotatable bonds is 7. The second-order valence-corrected chi connectivity index (χ2v) is 7.36. The van der Waals surface area contributed by atoms with Crippen LogP contribution in [0.1, 0.15) is 25.6 Å². The summed E-state index contributed by atoms with van der Waals surface area (Å²) in [5.41, 5.74) is 0. The summed E-state index contributed by atoms with van der Waals surface area (Å²) in [5.74, 6) is 1.21. The van der Waals surface area contributed by atoms with Crippen LogP contribution in [0, 0.1) is 0 Å². The molecule has 0 saturated carbocycles. The molecule has 1 atom stereocenters. The molecule has 2 rings (SSSR count). The molecule has 1 aliphatic rings. The molecule has 1 unspecified atom stereocenters. The number of nitrogens with zero attached hydrogens (tertiary/aromatic N) is 3. The largest absolute Gasteiger partial charge is 0.481 e. The van der Waals surface area contributed by atoms with Gasteiger partial charge in [0, 0.05) is 13.7 Å². The maximum atomic E-state index is 10.7. The lowest BCUT2D eigenvalue weighted by atomic mass is 10.1. The van der Waals surface area contributed by atoms with Gasteiger partial charge in [-0.1, -0.05) is 11.8 Å². The van der Waals surface area contributed by atoms with E-state index >= 15 is 0 Å². The van der Waals surface area contributed by atoms with E-state index < -0.39 is 5.97 Å². The first-order valence-electron chi connectivity index (χ1n) is 6.48. The fraction of sp³-hybridized carbons (Fsp3) is 0.750. The second kappa shape index (κ2) is 6.82. The maximum absolute atomic E-state index is 10.7. The van der Waals surface area contributed by atoms with Gasteiger partial charge < -0.3 is 14.4 Å². The number of thioether (sulfide) groups is 2. The van der Waals surface area contributed by atoms with E-state index in [2.05, 4.69) is 17.1 Å². The lowest BCUT2D eigenvalue weighted by Gasteiger charge is -2.22. The van der Waals surface area contributed by atoms with E-state index in [4.69, 9.17) is 9.84 Å². The molecule has 2 heterocycles. The van der Waals surface area contributed by atoms with Gasteiger partial charge in [-0.2, -0.15) is 0 Å².